The molecule has 6 nitrogen and oxygen atoms in total. The summed E-state index contributed by atoms with van der Waals surface area (Å²) in [7, 11) is 0. The SMILES string of the molecule is Cc1nc(CCNCC(C)C(N)=O)no1. The average molecular weight is 212 g/mol. The van der Waals surface area contributed by atoms with E-state index in [1.54, 1.807) is 13.8 Å². The number of aromatic nitrogens is 2. The maximum absolute atomic E-state index is 10.7. The van der Waals surface area contributed by atoms with Crippen molar-refractivity contribution in [3.8, 4) is 0 Å². The van der Waals surface area contributed by atoms with Crippen molar-refractivity contribution in [2.24, 2.45) is 11.7 Å². The highest BCUT2D eigenvalue weighted by Gasteiger charge is 2.07. The Bertz CT molecular complexity index is 324. The number of carbonyl (C=O) groups excluding carboxylic acids is 1. The third-order valence-corrected chi connectivity index (χ3v) is 2.03. The van der Waals surface area contributed by atoms with E-state index in [1.165, 1.54) is 0 Å². The van der Waals surface area contributed by atoms with Crippen LogP contribution in [0.3, 0.4) is 0 Å². The molecule has 0 aromatic carbocycles. The first-order valence-corrected chi connectivity index (χ1v) is 4.89. The van der Waals surface area contributed by atoms with E-state index in [4.69, 9.17) is 10.3 Å². The summed E-state index contributed by atoms with van der Waals surface area (Å²) in [6.07, 6.45) is 0.683. The van der Waals surface area contributed by atoms with Crippen molar-refractivity contribution >= 4 is 5.91 Å². The van der Waals surface area contributed by atoms with E-state index in [-0.39, 0.29) is 11.8 Å². The van der Waals surface area contributed by atoms with E-state index in [0.717, 1.165) is 0 Å². The minimum atomic E-state index is -0.294. The summed E-state index contributed by atoms with van der Waals surface area (Å²) in [5.74, 6) is 0.789. The molecular weight excluding hydrogens is 196 g/mol. The standard InChI is InChI=1S/C9H16N4O2/c1-6(9(10)14)5-11-4-3-8-12-7(2)15-13-8/h6,11H,3-5H2,1-2H3,(H2,10,14). The Morgan fingerprint density at radius 1 is 1.67 bits per heavy atom. The number of nitrogens with one attached hydrogen (secondary N) is 1. The molecule has 6 heteroatoms. The molecule has 0 spiro atoms. The van der Waals surface area contributed by atoms with Gasteiger partial charge in [-0.05, 0) is 0 Å². The van der Waals surface area contributed by atoms with E-state index in [2.05, 4.69) is 15.5 Å². The van der Waals surface area contributed by atoms with Gasteiger partial charge in [0.1, 0.15) is 0 Å². The highest BCUT2D eigenvalue weighted by atomic mass is 16.5. The molecule has 0 aliphatic heterocycles. The van der Waals surface area contributed by atoms with Crippen molar-refractivity contribution in [2.75, 3.05) is 13.1 Å². The van der Waals surface area contributed by atoms with Crippen molar-refractivity contribution in [1.29, 1.82) is 0 Å². The minimum absolute atomic E-state index is 0.156. The normalized spacial score (nSPS) is 12.7. The molecule has 1 heterocycles. The molecule has 0 bridgehead atoms. The molecule has 1 amide bonds. The molecular formula is C9H16N4O2. The van der Waals surface area contributed by atoms with Crippen LogP contribution in [0.15, 0.2) is 4.52 Å². The second-order valence-corrected chi connectivity index (χ2v) is 3.49. The van der Waals surface area contributed by atoms with Gasteiger partial charge < -0.3 is 15.6 Å². The van der Waals surface area contributed by atoms with Crippen molar-refractivity contribution in [3.05, 3.63) is 11.7 Å². The fourth-order valence-electron chi connectivity index (χ4n) is 1.06. The fourth-order valence-corrected chi connectivity index (χ4v) is 1.06. The van der Waals surface area contributed by atoms with Crippen LogP contribution in [0.2, 0.25) is 0 Å². The van der Waals surface area contributed by atoms with Crippen molar-refractivity contribution in [2.45, 2.75) is 20.3 Å². The summed E-state index contributed by atoms with van der Waals surface area (Å²) in [6, 6.07) is 0. The van der Waals surface area contributed by atoms with Gasteiger partial charge in [-0.2, -0.15) is 4.98 Å². The Hall–Kier alpha value is -1.43. The van der Waals surface area contributed by atoms with Crippen LogP contribution >= 0.6 is 0 Å². The van der Waals surface area contributed by atoms with Gasteiger partial charge in [0, 0.05) is 32.4 Å². The van der Waals surface area contributed by atoms with Gasteiger partial charge in [-0.1, -0.05) is 12.1 Å². The van der Waals surface area contributed by atoms with Gasteiger partial charge in [-0.15, -0.1) is 0 Å². The second-order valence-electron chi connectivity index (χ2n) is 3.49. The molecule has 3 N–H and O–H groups in total. The Labute approximate surface area is 88.2 Å². The van der Waals surface area contributed by atoms with Crippen LogP contribution in [0.4, 0.5) is 0 Å². The molecule has 0 saturated carbocycles. The number of carbonyl (C=O) groups is 1. The molecule has 15 heavy (non-hydrogen) atoms. The second kappa shape index (κ2) is 5.45. The van der Waals surface area contributed by atoms with Gasteiger partial charge in [0.25, 0.3) is 0 Å². The van der Waals surface area contributed by atoms with Gasteiger partial charge >= 0.3 is 0 Å². The number of nitrogens with zero attached hydrogens (tertiary/aromatic N) is 2. The summed E-state index contributed by atoms with van der Waals surface area (Å²) in [5, 5.41) is 6.85. The first-order valence-electron chi connectivity index (χ1n) is 4.89. The van der Waals surface area contributed by atoms with Crippen LogP contribution in [-0.2, 0) is 11.2 Å². The van der Waals surface area contributed by atoms with E-state index >= 15 is 0 Å². The van der Waals surface area contributed by atoms with E-state index in [0.29, 0.717) is 31.2 Å². The van der Waals surface area contributed by atoms with Gasteiger partial charge in [0.2, 0.25) is 11.8 Å². The lowest BCUT2D eigenvalue weighted by atomic mass is 10.2. The zero-order valence-corrected chi connectivity index (χ0v) is 8.99. The number of aryl methyl sites for hydroxylation is 1. The average Bonchev–Trinajstić information content (AvgIpc) is 2.58. The summed E-state index contributed by atoms with van der Waals surface area (Å²) in [4.78, 5) is 14.8. The van der Waals surface area contributed by atoms with Crippen LogP contribution in [0.1, 0.15) is 18.6 Å². The highest BCUT2D eigenvalue weighted by Crippen LogP contribution is 1.95. The molecule has 1 unspecified atom stereocenters. The highest BCUT2D eigenvalue weighted by molar-refractivity contribution is 5.76. The monoisotopic (exact) mass is 212 g/mol. The van der Waals surface area contributed by atoms with Gasteiger partial charge in [-0.3, -0.25) is 4.79 Å². The predicted octanol–water partition coefficient (Wildman–Crippen LogP) is -0.368. The maximum atomic E-state index is 10.7. The molecule has 0 aliphatic carbocycles. The van der Waals surface area contributed by atoms with Crippen molar-refractivity contribution in [1.82, 2.24) is 15.5 Å². The number of hydrogen-bond acceptors (Lipinski definition) is 5. The fraction of sp³-hybridized carbons (Fsp3) is 0.667. The van der Waals surface area contributed by atoms with Gasteiger partial charge in [-0.25, -0.2) is 0 Å². The summed E-state index contributed by atoms with van der Waals surface area (Å²) in [6.45, 7) is 4.82. The quantitative estimate of drug-likeness (QED) is 0.627. The molecule has 1 atom stereocenters. The van der Waals surface area contributed by atoms with Crippen LogP contribution in [-0.4, -0.2) is 29.1 Å². The van der Waals surface area contributed by atoms with Gasteiger partial charge in [0.15, 0.2) is 5.82 Å². The Morgan fingerprint density at radius 3 is 2.93 bits per heavy atom. The predicted molar refractivity (Wildman–Crippen MR) is 54.0 cm³/mol. The molecule has 1 aromatic rings. The molecule has 0 fully saturated rings. The largest absolute Gasteiger partial charge is 0.369 e. The van der Waals surface area contributed by atoms with Crippen LogP contribution in [0, 0.1) is 12.8 Å². The number of rotatable bonds is 6. The van der Waals surface area contributed by atoms with E-state index in [9.17, 15) is 4.79 Å². The van der Waals surface area contributed by atoms with Crippen LogP contribution in [0.5, 0.6) is 0 Å². The van der Waals surface area contributed by atoms with Gasteiger partial charge in [0.05, 0.1) is 0 Å². The molecule has 0 aliphatic rings. The first kappa shape index (κ1) is 11.6. The maximum Gasteiger partial charge on any atom is 0.223 e. The minimum Gasteiger partial charge on any atom is -0.369 e. The van der Waals surface area contributed by atoms with Crippen molar-refractivity contribution in [3.63, 3.8) is 0 Å². The number of hydrogen-bond donors (Lipinski definition) is 2. The topological polar surface area (TPSA) is 94.0 Å². The van der Waals surface area contributed by atoms with Crippen LogP contribution in [0.25, 0.3) is 0 Å². The van der Waals surface area contributed by atoms with Crippen LogP contribution < -0.4 is 11.1 Å². The lowest BCUT2D eigenvalue weighted by Gasteiger charge is -2.07. The Kier molecular flexibility index (Phi) is 4.23. The Balaban J connectivity index is 2.14. The lowest BCUT2D eigenvalue weighted by Crippen LogP contribution is -2.32. The summed E-state index contributed by atoms with van der Waals surface area (Å²) in [5.41, 5.74) is 5.11. The van der Waals surface area contributed by atoms with E-state index < -0.39 is 0 Å². The van der Waals surface area contributed by atoms with E-state index in [1.807, 2.05) is 0 Å². The molecule has 1 aromatic heterocycles. The first-order chi connectivity index (χ1) is 7.09. The lowest BCUT2D eigenvalue weighted by molar-refractivity contribution is -0.121. The molecule has 0 radical (unpaired) electrons. The number of amides is 1. The molecule has 1 rings (SSSR count). The number of nitrogens with two attached hydrogens (primary N) is 1. The summed E-state index contributed by atoms with van der Waals surface area (Å²) < 4.78 is 4.82. The Morgan fingerprint density at radius 2 is 2.40 bits per heavy atom. The van der Waals surface area contributed by atoms with Crippen molar-refractivity contribution < 1.29 is 9.32 Å². The smallest absolute Gasteiger partial charge is 0.223 e. The number of primary amides is 1. The molecule has 84 valence electrons. The summed E-state index contributed by atoms with van der Waals surface area (Å²) >= 11 is 0. The zero-order valence-electron chi connectivity index (χ0n) is 8.99. The third-order valence-electron chi connectivity index (χ3n) is 2.03. The molecule has 0 saturated heterocycles. The zero-order chi connectivity index (χ0) is 11.3. The third kappa shape index (κ3) is 4.07.